The molecule has 1 aromatic carbocycles. The van der Waals surface area contributed by atoms with E-state index in [9.17, 15) is 14.7 Å². The van der Waals surface area contributed by atoms with Crippen LogP contribution in [-0.2, 0) is 9.53 Å². The van der Waals surface area contributed by atoms with Gasteiger partial charge in [0.2, 0.25) is 0 Å². The number of aromatic amines is 1. The van der Waals surface area contributed by atoms with E-state index in [1.165, 1.54) is 0 Å². The fourth-order valence-electron chi connectivity index (χ4n) is 3.51. The molecule has 1 fully saturated rings. The average molecular weight is 373 g/mol. The number of H-pyrrole nitrogens is 1. The summed E-state index contributed by atoms with van der Waals surface area (Å²) in [5, 5.41) is 13.7. The van der Waals surface area contributed by atoms with E-state index < -0.39 is 23.7 Å². The molecule has 2 heterocycles. The number of amides is 1. The molecule has 0 saturated carbocycles. The van der Waals surface area contributed by atoms with Gasteiger partial charge in [-0.25, -0.2) is 4.79 Å². The molecule has 1 aliphatic rings. The third-order valence-electron chi connectivity index (χ3n) is 4.69. The zero-order valence-corrected chi connectivity index (χ0v) is 16.0. The van der Waals surface area contributed by atoms with Crippen LogP contribution in [0.5, 0.6) is 0 Å². The van der Waals surface area contributed by atoms with Crippen LogP contribution in [-0.4, -0.2) is 51.8 Å². The number of piperidine rings is 1. The minimum atomic E-state index is -0.875. The van der Waals surface area contributed by atoms with Crippen molar-refractivity contribution in [2.45, 2.75) is 51.3 Å². The lowest BCUT2D eigenvalue weighted by atomic mass is 10.0. The lowest BCUT2D eigenvalue weighted by molar-refractivity contribution is -0.144. The van der Waals surface area contributed by atoms with E-state index in [4.69, 9.17) is 4.74 Å². The summed E-state index contributed by atoms with van der Waals surface area (Å²) < 4.78 is 5.29. The van der Waals surface area contributed by atoms with E-state index in [2.05, 4.69) is 10.3 Å². The Hall–Kier alpha value is -2.54. The van der Waals surface area contributed by atoms with Crippen LogP contribution in [0.1, 0.15) is 45.3 Å². The van der Waals surface area contributed by atoms with E-state index in [1.807, 2.05) is 56.0 Å². The highest BCUT2D eigenvalue weighted by Gasteiger charge is 2.33. The lowest BCUT2D eigenvalue weighted by Gasteiger charge is -2.35. The van der Waals surface area contributed by atoms with Crippen molar-refractivity contribution in [2.24, 2.45) is 0 Å². The molecule has 3 N–H and O–H groups in total. The third-order valence-corrected chi connectivity index (χ3v) is 4.69. The molecule has 27 heavy (non-hydrogen) atoms. The molecule has 7 nitrogen and oxygen atoms in total. The summed E-state index contributed by atoms with van der Waals surface area (Å²) in [5.41, 5.74) is 1.08. The number of aliphatic carboxylic acids is 1. The van der Waals surface area contributed by atoms with Crippen molar-refractivity contribution >= 4 is 23.0 Å². The number of nitrogens with zero attached hydrogens (tertiary/aromatic N) is 1. The number of hydrogen-bond acceptors (Lipinski definition) is 4. The zero-order valence-electron chi connectivity index (χ0n) is 16.0. The molecule has 1 saturated heterocycles. The summed E-state index contributed by atoms with van der Waals surface area (Å²) >= 11 is 0. The lowest BCUT2D eigenvalue weighted by Crippen LogP contribution is -2.48. The number of ether oxygens (including phenoxy) is 1. The molecule has 0 bridgehead atoms. The van der Waals surface area contributed by atoms with Gasteiger partial charge in [-0.05, 0) is 51.1 Å². The number of aromatic nitrogens is 1. The van der Waals surface area contributed by atoms with Gasteiger partial charge in [-0.3, -0.25) is 9.69 Å². The van der Waals surface area contributed by atoms with Crippen LogP contribution in [0.25, 0.3) is 10.9 Å². The summed E-state index contributed by atoms with van der Waals surface area (Å²) in [5.74, 6) is -0.875. The molecule has 1 aliphatic heterocycles. The van der Waals surface area contributed by atoms with Crippen molar-refractivity contribution in [3.05, 3.63) is 36.0 Å². The molecule has 0 aliphatic carbocycles. The number of rotatable bonds is 4. The fraction of sp³-hybridized carbons (Fsp3) is 0.500. The molecule has 3 rings (SSSR count). The first kappa shape index (κ1) is 19.2. The Balaban J connectivity index is 1.64. The molecule has 7 heteroatoms. The normalized spacial score (nSPS) is 17.6. The SMILES string of the molecule is CC(C)(C)OC(=O)NC1CCN([C@@H](C(=O)O)c2cc3ccccc3[nH]2)CC1. The predicted octanol–water partition coefficient (Wildman–Crippen LogP) is 3.28. The van der Waals surface area contributed by atoms with E-state index in [1.54, 1.807) is 0 Å². The Labute approximate surface area is 158 Å². The average Bonchev–Trinajstić information content (AvgIpc) is 2.97. The third kappa shape index (κ3) is 4.80. The van der Waals surface area contributed by atoms with Crippen LogP contribution in [0.15, 0.2) is 30.3 Å². The Morgan fingerprint density at radius 1 is 1.26 bits per heavy atom. The molecule has 0 unspecified atom stereocenters. The van der Waals surface area contributed by atoms with Crippen LogP contribution in [0.3, 0.4) is 0 Å². The van der Waals surface area contributed by atoms with Crippen molar-refractivity contribution in [3.63, 3.8) is 0 Å². The van der Waals surface area contributed by atoms with Gasteiger partial charge in [0.25, 0.3) is 0 Å². The summed E-state index contributed by atoms with van der Waals surface area (Å²) in [4.78, 5) is 29.0. The molecule has 1 aromatic heterocycles. The molecule has 1 atom stereocenters. The quantitative estimate of drug-likeness (QED) is 0.764. The molecule has 0 radical (unpaired) electrons. The topological polar surface area (TPSA) is 94.7 Å². The predicted molar refractivity (Wildman–Crippen MR) is 103 cm³/mol. The van der Waals surface area contributed by atoms with E-state index in [-0.39, 0.29) is 6.04 Å². The monoisotopic (exact) mass is 373 g/mol. The van der Waals surface area contributed by atoms with Gasteiger partial charge >= 0.3 is 12.1 Å². The second-order valence-electron chi connectivity index (χ2n) is 8.01. The Morgan fingerprint density at radius 2 is 1.93 bits per heavy atom. The molecule has 2 aromatic rings. The molecule has 146 valence electrons. The van der Waals surface area contributed by atoms with Gasteiger partial charge in [-0.15, -0.1) is 0 Å². The van der Waals surface area contributed by atoms with Crippen molar-refractivity contribution in [1.29, 1.82) is 0 Å². The van der Waals surface area contributed by atoms with Gasteiger partial charge in [0.05, 0.1) is 0 Å². The number of nitrogens with one attached hydrogen (secondary N) is 2. The number of alkyl carbamates (subject to hydrolysis) is 1. The Kier molecular flexibility index (Phi) is 5.41. The van der Waals surface area contributed by atoms with Crippen LogP contribution < -0.4 is 5.32 Å². The summed E-state index contributed by atoms with van der Waals surface area (Å²) in [6.45, 7) is 6.66. The fourth-order valence-corrected chi connectivity index (χ4v) is 3.51. The van der Waals surface area contributed by atoms with Crippen LogP contribution in [0.2, 0.25) is 0 Å². The van der Waals surface area contributed by atoms with Crippen molar-refractivity contribution in [3.8, 4) is 0 Å². The summed E-state index contributed by atoms with van der Waals surface area (Å²) in [7, 11) is 0. The first-order valence-electron chi connectivity index (χ1n) is 9.27. The molecular weight excluding hydrogens is 346 g/mol. The highest BCUT2D eigenvalue weighted by atomic mass is 16.6. The number of fused-ring (bicyclic) bond motifs is 1. The Bertz CT molecular complexity index is 783. The van der Waals surface area contributed by atoms with Crippen molar-refractivity contribution in [1.82, 2.24) is 15.2 Å². The second kappa shape index (κ2) is 7.60. The van der Waals surface area contributed by atoms with E-state index in [0.717, 1.165) is 10.9 Å². The van der Waals surface area contributed by atoms with Crippen molar-refractivity contribution in [2.75, 3.05) is 13.1 Å². The minimum Gasteiger partial charge on any atom is -0.480 e. The standard InChI is InChI=1S/C20H27N3O4/c1-20(2,3)27-19(26)21-14-8-10-23(11-9-14)17(18(24)25)16-12-13-6-4-5-7-15(13)22-16/h4-7,12,14,17,22H,8-11H2,1-3H3,(H,21,26)(H,24,25)/t17-/m1/s1. The van der Waals surface area contributed by atoms with Gasteiger partial charge in [0, 0.05) is 30.3 Å². The summed E-state index contributed by atoms with van der Waals surface area (Å²) in [6.07, 6.45) is 0.943. The molecule has 1 amide bonds. The van der Waals surface area contributed by atoms with E-state index in [0.29, 0.717) is 31.6 Å². The van der Waals surface area contributed by atoms with Gasteiger partial charge in [-0.1, -0.05) is 18.2 Å². The second-order valence-corrected chi connectivity index (χ2v) is 8.01. The Morgan fingerprint density at radius 3 is 2.52 bits per heavy atom. The van der Waals surface area contributed by atoms with Crippen LogP contribution in [0, 0.1) is 0 Å². The molecular formula is C20H27N3O4. The number of carbonyl (C=O) groups is 2. The van der Waals surface area contributed by atoms with Crippen LogP contribution in [0.4, 0.5) is 4.79 Å². The number of benzene rings is 1. The van der Waals surface area contributed by atoms with E-state index >= 15 is 0 Å². The maximum Gasteiger partial charge on any atom is 0.407 e. The number of para-hydroxylation sites is 1. The number of carbonyl (C=O) groups excluding carboxylic acids is 1. The first-order chi connectivity index (χ1) is 12.7. The number of carboxylic acid groups (broad SMARTS) is 1. The maximum atomic E-state index is 11.9. The number of hydrogen-bond donors (Lipinski definition) is 3. The highest BCUT2D eigenvalue weighted by Crippen LogP contribution is 2.27. The number of carboxylic acids is 1. The summed E-state index contributed by atoms with van der Waals surface area (Å²) in [6, 6.07) is 8.93. The van der Waals surface area contributed by atoms with Gasteiger partial charge < -0.3 is 20.1 Å². The molecule has 0 spiro atoms. The smallest absolute Gasteiger partial charge is 0.407 e. The van der Waals surface area contributed by atoms with Gasteiger partial charge in [0.15, 0.2) is 0 Å². The number of likely N-dealkylation sites (tertiary alicyclic amines) is 1. The highest BCUT2D eigenvalue weighted by molar-refractivity contribution is 5.83. The maximum absolute atomic E-state index is 11.9. The van der Waals surface area contributed by atoms with Crippen LogP contribution >= 0.6 is 0 Å². The van der Waals surface area contributed by atoms with Crippen molar-refractivity contribution < 1.29 is 19.4 Å². The first-order valence-corrected chi connectivity index (χ1v) is 9.27. The largest absolute Gasteiger partial charge is 0.480 e. The van der Waals surface area contributed by atoms with Gasteiger partial charge in [0.1, 0.15) is 11.6 Å². The minimum absolute atomic E-state index is 0.00624. The van der Waals surface area contributed by atoms with Gasteiger partial charge in [-0.2, -0.15) is 0 Å². The zero-order chi connectivity index (χ0) is 19.6.